The smallest absolute Gasteiger partial charge is 0.233 e. The second-order valence-electron chi connectivity index (χ2n) is 10.4. The van der Waals surface area contributed by atoms with Crippen LogP contribution in [0.3, 0.4) is 0 Å². The van der Waals surface area contributed by atoms with Crippen LogP contribution in [0.1, 0.15) is 56.9 Å². The minimum absolute atomic E-state index is 0.0317. The van der Waals surface area contributed by atoms with Crippen LogP contribution in [0.15, 0.2) is 29.3 Å². The molecule has 4 aliphatic carbocycles. The van der Waals surface area contributed by atoms with E-state index in [4.69, 9.17) is 4.99 Å². The fraction of sp³-hybridized carbons (Fsp3) is 0.654. The van der Waals surface area contributed by atoms with Crippen LogP contribution in [0.4, 0.5) is 5.69 Å². The Hall–Kier alpha value is -1.82. The monoisotopic (exact) mass is 453 g/mol. The highest BCUT2D eigenvalue weighted by Gasteiger charge is 2.46. The van der Waals surface area contributed by atoms with Crippen molar-refractivity contribution in [2.75, 3.05) is 13.6 Å². The Balaban J connectivity index is 1.34. The molecule has 2 amide bonds. The highest BCUT2D eigenvalue weighted by molar-refractivity contribution is 8.15. The zero-order valence-corrected chi connectivity index (χ0v) is 20.1. The first-order chi connectivity index (χ1) is 15.5. The number of aryl methyl sites for hydroxylation is 1. The van der Waals surface area contributed by atoms with Crippen molar-refractivity contribution in [3.05, 3.63) is 29.8 Å². The van der Waals surface area contributed by atoms with Gasteiger partial charge in [-0.2, -0.15) is 0 Å². The zero-order valence-electron chi connectivity index (χ0n) is 19.3. The van der Waals surface area contributed by atoms with Gasteiger partial charge in [0.15, 0.2) is 5.17 Å². The van der Waals surface area contributed by atoms with E-state index in [-0.39, 0.29) is 18.2 Å². The molecule has 1 aliphatic heterocycles. The molecule has 4 saturated carbocycles. The van der Waals surface area contributed by atoms with E-state index in [0.717, 1.165) is 48.2 Å². The molecule has 1 atom stereocenters. The lowest BCUT2D eigenvalue weighted by Crippen LogP contribution is -2.47. The van der Waals surface area contributed by atoms with Crippen LogP contribution in [0, 0.1) is 36.5 Å². The number of amidine groups is 1. The number of hydrogen-bond donors (Lipinski definition) is 1. The van der Waals surface area contributed by atoms with Crippen LogP contribution in [-0.2, 0) is 9.59 Å². The van der Waals surface area contributed by atoms with E-state index >= 15 is 0 Å². The number of hydrogen-bond acceptors (Lipinski definition) is 4. The standard InChI is InChI=1S/C26H35N3O2S/c1-16-3-7-21(8-4-16)28-26-29(24(30)15-23(32-26)25(31)27-2)10-9-22-19-11-17-5-6-18(13-19)14-20(22)12-17/h3-4,7-8,17-20,22-23H,5-6,9-15H2,1-2H3,(H,27,31)/b28-26+. The minimum Gasteiger partial charge on any atom is -0.358 e. The zero-order chi connectivity index (χ0) is 22.2. The summed E-state index contributed by atoms with van der Waals surface area (Å²) in [6.45, 7) is 2.78. The summed E-state index contributed by atoms with van der Waals surface area (Å²) in [6, 6.07) is 8.03. The van der Waals surface area contributed by atoms with Gasteiger partial charge < -0.3 is 5.32 Å². The van der Waals surface area contributed by atoms with Gasteiger partial charge >= 0.3 is 0 Å². The molecule has 1 aromatic rings. The van der Waals surface area contributed by atoms with Crippen LogP contribution in [-0.4, -0.2) is 40.7 Å². The molecule has 0 radical (unpaired) electrons. The summed E-state index contributed by atoms with van der Waals surface area (Å²) in [4.78, 5) is 32.2. The van der Waals surface area contributed by atoms with Gasteiger partial charge in [-0.15, -0.1) is 0 Å². The molecule has 6 heteroatoms. The number of fused-ring (bicyclic) bond motifs is 1. The number of thioether (sulfide) groups is 1. The lowest BCUT2D eigenvalue weighted by molar-refractivity contribution is -0.130. The van der Waals surface area contributed by atoms with E-state index in [1.54, 1.807) is 7.05 Å². The van der Waals surface area contributed by atoms with Gasteiger partial charge in [-0.1, -0.05) is 42.3 Å². The van der Waals surface area contributed by atoms with E-state index in [0.29, 0.717) is 5.17 Å². The van der Waals surface area contributed by atoms with Gasteiger partial charge in [-0.3, -0.25) is 14.5 Å². The molecule has 4 bridgehead atoms. The summed E-state index contributed by atoms with van der Waals surface area (Å²) >= 11 is 1.44. The molecule has 1 aromatic carbocycles. The molecule has 5 fully saturated rings. The van der Waals surface area contributed by atoms with Gasteiger partial charge in [0.2, 0.25) is 11.8 Å². The van der Waals surface area contributed by atoms with Gasteiger partial charge in [-0.05, 0) is 80.8 Å². The van der Waals surface area contributed by atoms with Crippen LogP contribution in [0.5, 0.6) is 0 Å². The molecule has 1 N–H and O–H groups in total. The number of benzene rings is 1. The van der Waals surface area contributed by atoms with Crippen LogP contribution < -0.4 is 5.32 Å². The fourth-order valence-corrected chi connectivity index (χ4v) is 8.01. The van der Waals surface area contributed by atoms with Gasteiger partial charge in [0.1, 0.15) is 0 Å². The lowest BCUT2D eigenvalue weighted by atomic mass is 9.60. The van der Waals surface area contributed by atoms with Crippen LogP contribution >= 0.6 is 11.8 Å². The topological polar surface area (TPSA) is 61.8 Å². The predicted octanol–water partition coefficient (Wildman–Crippen LogP) is 4.92. The second-order valence-corrected chi connectivity index (χ2v) is 11.6. The van der Waals surface area contributed by atoms with E-state index < -0.39 is 5.25 Å². The Bertz CT molecular complexity index is 867. The number of carbonyl (C=O) groups excluding carboxylic acids is 2. The van der Waals surface area contributed by atoms with Crippen molar-refractivity contribution in [1.82, 2.24) is 10.2 Å². The van der Waals surface area contributed by atoms with Crippen molar-refractivity contribution in [2.24, 2.45) is 34.6 Å². The highest BCUT2D eigenvalue weighted by atomic mass is 32.2. The number of aliphatic imine (C=N–C) groups is 1. The van der Waals surface area contributed by atoms with Gasteiger partial charge in [-0.25, -0.2) is 4.99 Å². The number of nitrogens with zero attached hydrogens (tertiary/aromatic N) is 2. The summed E-state index contributed by atoms with van der Waals surface area (Å²) in [7, 11) is 1.63. The highest BCUT2D eigenvalue weighted by Crippen LogP contribution is 2.55. The van der Waals surface area contributed by atoms with E-state index in [1.807, 2.05) is 29.2 Å². The van der Waals surface area contributed by atoms with E-state index in [1.165, 1.54) is 55.9 Å². The van der Waals surface area contributed by atoms with Gasteiger partial charge in [0, 0.05) is 20.0 Å². The summed E-state index contributed by atoms with van der Waals surface area (Å²) in [6.07, 6.45) is 9.83. The Morgan fingerprint density at radius 2 is 1.72 bits per heavy atom. The minimum atomic E-state index is -0.405. The number of carbonyl (C=O) groups is 2. The first-order valence-electron chi connectivity index (χ1n) is 12.3. The first kappa shape index (κ1) is 22.0. The van der Waals surface area contributed by atoms with Crippen LogP contribution in [0.25, 0.3) is 0 Å². The summed E-state index contributed by atoms with van der Waals surface area (Å²) in [5, 5.41) is 2.98. The molecular weight excluding hydrogens is 418 g/mol. The third-order valence-electron chi connectivity index (χ3n) is 8.36. The number of amides is 2. The molecule has 6 rings (SSSR count). The molecule has 5 aliphatic rings. The average molecular weight is 454 g/mol. The maximum atomic E-state index is 13.2. The quantitative estimate of drug-likeness (QED) is 0.689. The lowest BCUT2D eigenvalue weighted by Gasteiger charge is -2.46. The molecule has 1 saturated heterocycles. The Labute approximate surface area is 195 Å². The second kappa shape index (κ2) is 9.20. The summed E-state index contributed by atoms with van der Waals surface area (Å²) in [5.74, 6) is 4.28. The first-order valence-corrected chi connectivity index (χ1v) is 13.2. The van der Waals surface area contributed by atoms with Gasteiger partial charge in [0.05, 0.1) is 10.9 Å². The Kier molecular flexibility index (Phi) is 6.33. The largest absolute Gasteiger partial charge is 0.358 e. The molecule has 32 heavy (non-hydrogen) atoms. The predicted molar refractivity (Wildman–Crippen MR) is 130 cm³/mol. The maximum Gasteiger partial charge on any atom is 0.233 e. The average Bonchev–Trinajstić information content (AvgIpc) is 3.04. The summed E-state index contributed by atoms with van der Waals surface area (Å²) in [5.41, 5.74) is 2.01. The van der Waals surface area contributed by atoms with Crippen molar-refractivity contribution in [2.45, 2.75) is 63.5 Å². The van der Waals surface area contributed by atoms with Crippen molar-refractivity contribution in [3.8, 4) is 0 Å². The van der Waals surface area contributed by atoms with Crippen molar-refractivity contribution >= 4 is 34.4 Å². The van der Waals surface area contributed by atoms with Crippen molar-refractivity contribution in [3.63, 3.8) is 0 Å². The van der Waals surface area contributed by atoms with E-state index in [2.05, 4.69) is 12.2 Å². The molecule has 1 unspecified atom stereocenters. The third-order valence-corrected chi connectivity index (χ3v) is 9.55. The fourth-order valence-electron chi connectivity index (χ4n) is 6.83. The SMILES string of the molecule is CNC(=O)C1CC(=O)N(CCC2C3CC4CCC(C3)CC2C4)/C(=N\c2ccc(C)cc2)S1. The van der Waals surface area contributed by atoms with Crippen molar-refractivity contribution < 1.29 is 9.59 Å². The molecule has 0 spiro atoms. The maximum absolute atomic E-state index is 13.2. The van der Waals surface area contributed by atoms with Crippen molar-refractivity contribution in [1.29, 1.82) is 0 Å². The molecule has 5 nitrogen and oxygen atoms in total. The number of nitrogens with one attached hydrogen (secondary N) is 1. The number of rotatable bonds is 5. The summed E-state index contributed by atoms with van der Waals surface area (Å²) < 4.78 is 0. The van der Waals surface area contributed by atoms with E-state index in [9.17, 15) is 9.59 Å². The van der Waals surface area contributed by atoms with Gasteiger partial charge in [0.25, 0.3) is 0 Å². The molecular formula is C26H35N3O2S. The molecule has 172 valence electrons. The normalized spacial score (nSPS) is 35.2. The molecule has 0 aromatic heterocycles. The Morgan fingerprint density at radius 1 is 1.09 bits per heavy atom. The third kappa shape index (κ3) is 4.48. The van der Waals surface area contributed by atoms with Crippen LogP contribution in [0.2, 0.25) is 0 Å². The molecule has 1 heterocycles. The Morgan fingerprint density at radius 3 is 2.31 bits per heavy atom.